The highest BCUT2D eigenvalue weighted by Gasteiger charge is 2.36. The molecule has 3 aliphatic rings. The average molecular weight is 458 g/mol. The number of carbonyl (C=O) groups excluding carboxylic acids is 1. The van der Waals surface area contributed by atoms with Crippen molar-refractivity contribution < 1.29 is 14.3 Å². The van der Waals surface area contributed by atoms with Gasteiger partial charge in [-0.2, -0.15) is 0 Å². The Morgan fingerprint density at radius 2 is 1.93 bits per heavy atom. The van der Waals surface area contributed by atoms with Crippen LogP contribution in [0.25, 0.3) is 10.6 Å². The van der Waals surface area contributed by atoms with Gasteiger partial charge in [-0.1, -0.05) is 0 Å². The van der Waals surface area contributed by atoms with Crippen LogP contribution < -0.4 is 14.8 Å². The van der Waals surface area contributed by atoms with Crippen molar-refractivity contribution in [3.05, 3.63) is 29.3 Å². The van der Waals surface area contributed by atoms with Crippen molar-refractivity contribution in [2.24, 2.45) is 0 Å². The Labute approximate surface area is 186 Å². The van der Waals surface area contributed by atoms with Gasteiger partial charge in [-0.25, -0.2) is 4.98 Å². The minimum Gasteiger partial charge on any atom is -0.454 e. The van der Waals surface area contributed by atoms with E-state index in [1.165, 1.54) is 12.8 Å². The van der Waals surface area contributed by atoms with Crippen LogP contribution in [0.3, 0.4) is 0 Å². The Kier molecular flexibility index (Phi) is 6.94. The second-order valence-electron chi connectivity index (χ2n) is 7.66. The average Bonchev–Trinajstić information content (AvgIpc) is 3.40. The Morgan fingerprint density at radius 3 is 2.69 bits per heavy atom. The van der Waals surface area contributed by atoms with Gasteiger partial charge >= 0.3 is 0 Å². The number of amides is 1. The van der Waals surface area contributed by atoms with E-state index in [9.17, 15) is 4.79 Å². The molecule has 5 rings (SSSR count). The van der Waals surface area contributed by atoms with Gasteiger partial charge in [0.25, 0.3) is 0 Å². The third-order valence-electron chi connectivity index (χ3n) is 5.89. The second kappa shape index (κ2) is 9.08. The maximum absolute atomic E-state index is 12.8. The maximum Gasteiger partial charge on any atom is 0.231 e. The molecule has 0 saturated carbocycles. The third kappa shape index (κ3) is 4.48. The molecule has 2 bridgehead atoms. The van der Waals surface area contributed by atoms with Gasteiger partial charge in [-0.3, -0.25) is 4.79 Å². The summed E-state index contributed by atoms with van der Waals surface area (Å²) >= 11 is 1.56. The number of hydrogen-bond acceptors (Lipinski definition) is 6. The fraction of sp³-hybridized carbons (Fsp3) is 0.500. The molecule has 0 radical (unpaired) electrons. The summed E-state index contributed by atoms with van der Waals surface area (Å²) < 4.78 is 10.8. The van der Waals surface area contributed by atoms with Crippen molar-refractivity contribution in [2.45, 2.75) is 50.2 Å². The van der Waals surface area contributed by atoms with Crippen LogP contribution in [0.15, 0.2) is 23.6 Å². The molecular weight excluding hydrogens is 433 g/mol. The van der Waals surface area contributed by atoms with Crippen LogP contribution in [0.4, 0.5) is 0 Å². The number of carbonyl (C=O) groups is 1. The molecule has 1 aromatic heterocycles. The number of nitrogens with zero attached hydrogens (tertiary/aromatic N) is 2. The highest BCUT2D eigenvalue weighted by atomic mass is 35.5. The summed E-state index contributed by atoms with van der Waals surface area (Å²) in [7, 11) is 1.95. The van der Waals surface area contributed by atoms with Gasteiger partial charge in [-0.15, -0.1) is 36.2 Å². The largest absolute Gasteiger partial charge is 0.454 e. The van der Waals surface area contributed by atoms with Gasteiger partial charge in [0.05, 0.1) is 12.1 Å². The number of hydrogen-bond donors (Lipinski definition) is 1. The van der Waals surface area contributed by atoms with Crippen LogP contribution in [0.1, 0.15) is 31.4 Å². The molecule has 2 saturated heterocycles. The molecule has 2 unspecified atom stereocenters. The van der Waals surface area contributed by atoms with Crippen molar-refractivity contribution in [1.29, 1.82) is 0 Å². The van der Waals surface area contributed by atoms with Crippen LogP contribution in [-0.2, 0) is 11.2 Å². The van der Waals surface area contributed by atoms with Crippen LogP contribution in [0.2, 0.25) is 0 Å². The minimum atomic E-state index is 0. The van der Waals surface area contributed by atoms with E-state index >= 15 is 0 Å². The predicted molar refractivity (Wildman–Crippen MR) is 118 cm³/mol. The summed E-state index contributed by atoms with van der Waals surface area (Å²) in [5.41, 5.74) is 1.83. The summed E-state index contributed by atoms with van der Waals surface area (Å²) in [5, 5.41) is 6.52. The molecule has 4 heterocycles. The molecule has 1 aromatic carbocycles. The number of benzene rings is 1. The zero-order chi connectivity index (χ0) is 18.4. The smallest absolute Gasteiger partial charge is 0.231 e. The van der Waals surface area contributed by atoms with E-state index in [0.717, 1.165) is 40.6 Å². The van der Waals surface area contributed by atoms with E-state index in [4.69, 9.17) is 9.47 Å². The maximum atomic E-state index is 12.8. The van der Waals surface area contributed by atoms with Crippen LogP contribution in [0, 0.1) is 0 Å². The standard InChI is InChI=1S/C20H23N3O3S.2ClH/c1-23(16-7-13-3-4-14(8-16)21-13)19(24)9-15-10-27-20(22-15)12-2-5-17-18(6-12)26-11-25-17;;/h2,5-6,10,13-14,16,21H,3-4,7-9,11H2,1H3;2*1H. The zero-order valence-electron chi connectivity index (χ0n) is 16.1. The summed E-state index contributed by atoms with van der Waals surface area (Å²) in [4.78, 5) is 19.4. The molecule has 6 nitrogen and oxygen atoms in total. The quantitative estimate of drug-likeness (QED) is 0.758. The van der Waals surface area contributed by atoms with Crippen molar-refractivity contribution in [3.8, 4) is 22.1 Å². The van der Waals surface area contributed by atoms with E-state index in [0.29, 0.717) is 24.5 Å². The van der Waals surface area contributed by atoms with Gasteiger partial charge < -0.3 is 19.7 Å². The van der Waals surface area contributed by atoms with Crippen molar-refractivity contribution >= 4 is 42.1 Å². The number of fused-ring (bicyclic) bond motifs is 3. The zero-order valence-corrected chi connectivity index (χ0v) is 18.6. The molecule has 0 spiro atoms. The summed E-state index contributed by atoms with van der Waals surface area (Å²) in [6.07, 6.45) is 4.98. The third-order valence-corrected chi connectivity index (χ3v) is 6.83. The highest BCUT2D eigenvalue weighted by molar-refractivity contribution is 7.13. The fourth-order valence-corrected chi connectivity index (χ4v) is 5.19. The first-order chi connectivity index (χ1) is 13.2. The number of halogens is 2. The van der Waals surface area contributed by atoms with Crippen molar-refractivity contribution in [3.63, 3.8) is 0 Å². The normalized spacial score (nSPS) is 23.8. The Hall–Kier alpha value is -1.54. The first-order valence-corrected chi connectivity index (χ1v) is 10.4. The van der Waals surface area contributed by atoms with Gasteiger partial charge in [0.1, 0.15) is 5.01 Å². The Bertz CT molecular complexity index is 866. The first-order valence-electron chi connectivity index (χ1n) is 9.52. The SMILES string of the molecule is CN(C(=O)Cc1csc(-c2ccc3c(c2)OCO3)n1)C1CC2CCC(C1)N2.Cl.Cl. The number of ether oxygens (including phenoxy) is 2. The van der Waals surface area contributed by atoms with E-state index < -0.39 is 0 Å². The molecule has 158 valence electrons. The summed E-state index contributed by atoms with van der Waals surface area (Å²) in [6, 6.07) is 7.35. The number of piperidine rings is 1. The molecule has 1 amide bonds. The molecule has 2 aromatic rings. The van der Waals surface area contributed by atoms with Gasteiger partial charge in [-0.05, 0) is 43.9 Å². The molecule has 9 heteroatoms. The summed E-state index contributed by atoms with van der Waals surface area (Å²) in [5.74, 6) is 1.67. The molecular formula is C20H25Cl2N3O3S. The number of rotatable bonds is 4. The second-order valence-corrected chi connectivity index (χ2v) is 8.51. The Balaban J connectivity index is 0.00000120. The molecule has 29 heavy (non-hydrogen) atoms. The highest BCUT2D eigenvalue weighted by Crippen LogP contribution is 2.37. The number of thiazole rings is 1. The van der Waals surface area contributed by atoms with E-state index in [1.807, 2.05) is 35.5 Å². The number of nitrogens with one attached hydrogen (secondary N) is 1. The van der Waals surface area contributed by atoms with Gasteiger partial charge in [0.15, 0.2) is 11.5 Å². The lowest BCUT2D eigenvalue weighted by atomic mass is 9.98. The number of aromatic nitrogens is 1. The fourth-order valence-electron chi connectivity index (χ4n) is 4.38. The lowest BCUT2D eigenvalue weighted by Crippen LogP contribution is -2.49. The molecule has 3 aliphatic heterocycles. The van der Waals surface area contributed by atoms with Gasteiger partial charge in [0.2, 0.25) is 12.7 Å². The van der Waals surface area contributed by atoms with Crippen LogP contribution in [0.5, 0.6) is 11.5 Å². The number of likely N-dealkylation sites (N-methyl/N-ethyl adjacent to an activating group) is 1. The van der Waals surface area contributed by atoms with Crippen molar-refractivity contribution in [2.75, 3.05) is 13.8 Å². The molecule has 2 fully saturated rings. The topological polar surface area (TPSA) is 63.7 Å². The Morgan fingerprint density at radius 1 is 1.21 bits per heavy atom. The van der Waals surface area contributed by atoms with Crippen molar-refractivity contribution in [1.82, 2.24) is 15.2 Å². The lowest BCUT2D eigenvalue weighted by molar-refractivity contribution is -0.132. The van der Waals surface area contributed by atoms with E-state index in [1.54, 1.807) is 11.3 Å². The molecule has 1 N–H and O–H groups in total. The molecule has 0 aliphatic carbocycles. The molecule has 2 atom stereocenters. The minimum absolute atomic E-state index is 0. The first kappa shape index (κ1) is 22.2. The van der Waals surface area contributed by atoms with E-state index in [-0.39, 0.29) is 37.5 Å². The van der Waals surface area contributed by atoms with Crippen LogP contribution >= 0.6 is 36.2 Å². The monoisotopic (exact) mass is 457 g/mol. The predicted octanol–water partition coefficient (Wildman–Crippen LogP) is 3.67. The van der Waals surface area contributed by atoms with E-state index in [2.05, 4.69) is 10.3 Å². The summed E-state index contributed by atoms with van der Waals surface area (Å²) in [6.45, 7) is 0.265. The van der Waals surface area contributed by atoms with Crippen LogP contribution in [-0.4, -0.2) is 47.8 Å². The lowest BCUT2D eigenvalue weighted by Gasteiger charge is -2.35. The van der Waals surface area contributed by atoms with Gasteiger partial charge in [0, 0.05) is 36.1 Å².